The number of hydrogen-bond acceptors (Lipinski definition) is 1. The molecule has 0 aromatic rings. The van der Waals surface area contributed by atoms with E-state index in [9.17, 15) is 0 Å². The zero-order valence-electron chi connectivity index (χ0n) is 9.51. The van der Waals surface area contributed by atoms with E-state index in [-0.39, 0.29) is 0 Å². The van der Waals surface area contributed by atoms with E-state index in [1.807, 2.05) is 0 Å². The molecule has 0 amide bonds. The second-order valence-electron chi connectivity index (χ2n) is 3.96. The average molecular weight is 194 g/mol. The van der Waals surface area contributed by atoms with E-state index in [1.165, 1.54) is 32.1 Å². The molecule has 1 saturated carbocycles. The molecular formula is C13H22O. The third-order valence-electron chi connectivity index (χ3n) is 2.78. The molecule has 1 aliphatic carbocycles. The number of rotatable bonds is 4. The summed E-state index contributed by atoms with van der Waals surface area (Å²) < 4.78 is 5.67. The molecule has 0 aromatic heterocycles. The molecule has 1 heteroatoms. The lowest BCUT2D eigenvalue weighted by Gasteiger charge is -2.13. The minimum absolute atomic E-state index is 0.425. The third-order valence-corrected chi connectivity index (χ3v) is 2.78. The van der Waals surface area contributed by atoms with E-state index in [0.29, 0.717) is 12.0 Å². The molecule has 0 heterocycles. The average Bonchev–Trinajstić information content (AvgIpc) is 2.61. The molecule has 14 heavy (non-hydrogen) atoms. The molecule has 0 saturated heterocycles. The maximum atomic E-state index is 5.67. The molecule has 2 atom stereocenters. The highest BCUT2D eigenvalue weighted by Crippen LogP contribution is 2.27. The summed E-state index contributed by atoms with van der Waals surface area (Å²) in [5, 5.41) is 0. The van der Waals surface area contributed by atoms with Crippen molar-refractivity contribution in [3.63, 3.8) is 0 Å². The van der Waals surface area contributed by atoms with Crippen molar-refractivity contribution in [1.82, 2.24) is 0 Å². The first kappa shape index (κ1) is 11.6. The zero-order valence-corrected chi connectivity index (χ0v) is 9.51. The Bertz CT molecular complexity index is 199. The molecular weight excluding hydrogens is 172 g/mol. The Morgan fingerprint density at radius 2 is 2.14 bits per heavy atom. The van der Waals surface area contributed by atoms with Gasteiger partial charge in [0.15, 0.2) is 0 Å². The molecule has 0 N–H and O–H groups in total. The molecule has 80 valence electrons. The first-order valence-electron chi connectivity index (χ1n) is 5.98. The van der Waals surface area contributed by atoms with Crippen LogP contribution in [-0.4, -0.2) is 12.7 Å². The van der Waals surface area contributed by atoms with Crippen molar-refractivity contribution >= 4 is 0 Å². The molecule has 0 unspecified atom stereocenters. The van der Waals surface area contributed by atoms with Crippen LogP contribution in [0.5, 0.6) is 0 Å². The fourth-order valence-electron chi connectivity index (χ4n) is 1.97. The van der Waals surface area contributed by atoms with Crippen LogP contribution in [0.2, 0.25) is 0 Å². The largest absolute Gasteiger partial charge is 0.377 e. The second-order valence-corrected chi connectivity index (χ2v) is 3.96. The van der Waals surface area contributed by atoms with Gasteiger partial charge in [-0.3, -0.25) is 0 Å². The van der Waals surface area contributed by atoms with E-state index in [4.69, 9.17) is 4.74 Å². The van der Waals surface area contributed by atoms with Gasteiger partial charge in [0.25, 0.3) is 0 Å². The van der Waals surface area contributed by atoms with Crippen LogP contribution in [0.1, 0.15) is 52.4 Å². The van der Waals surface area contributed by atoms with Crippen molar-refractivity contribution in [2.75, 3.05) is 6.61 Å². The summed E-state index contributed by atoms with van der Waals surface area (Å²) in [6.07, 6.45) is 7.70. The summed E-state index contributed by atoms with van der Waals surface area (Å²) in [6.45, 7) is 5.11. The van der Waals surface area contributed by atoms with Gasteiger partial charge < -0.3 is 4.74 Å². The van der Waals surface area contributed by atoms with Crippen LogP contribution in [0.3, 0.4) is 0 Å². The van der Waals surface area contributed by atoms with Gasteiger partial charge in [-0.15, -0.1) is 5.92 Å². The van der Waals surface area contributed by atoms with Crippen LogP contribution in [0, 0.1) is 17.8 Å². The maximum absolute atomic E-state index is 5.67. The van der Waals surface area contributed by atoms with Crippen LogP contribution in [0.25, 0.3) is 0 Å². The monoisotopic (exact) mass is 194 g/mol. The second kappa shape index (κ2) is 6.90. The van der Waals surface area contributed by atoms with E-state index in [1.54, 1.807) is 0 Å². The molecule has 0 spiro atoms. The third kappa shape index (κ3) is 3.72. The first-order chi connectivity index (χ1) is 6.88. The minimum atomic E-state index is 0.425. The van der Waals surface area contributed by atoms with Crippen LogP contribution < -0.4 is 0 Å². The smallest absolute Gasteiger partial charge is 0.0712 e. The molecule has 0 aliphatic heterocycles. The van der Waals surface area contributed by atoms with Crippen molar-refractivity contribution in [1.29, 1.82) is 0 Å². The van der Waals surface area contributed by atoms with Crippen molar-refractivity contribution < 1.29 is 4.74 Å². The van der Waals surface area contributed by atoms with Crippen LogP contribution >= 0.6 is 0 Å². The van der Waals surface area contributed by atoms with E-state index < -0.39 is 0 Å². The molecule has 1 nitrogen and oxygen atoms in total. The lowest BCUT2D eigenvalue weighted by atomic mass is 10.1. The Morgan fingerprint density at radius 3 is 2.86 bits per heavy atom. The van der Waals surface area contributed by atoms with Gasteiger partial charge in [0, 0.05) is 18.9 Å². The van der Waals surface area contributed by atoms with Gasteiger partial charge in [0.1, 0.15) is 0 Å². The molecule has 0 radical (unpaired) electrons. The summed E-state index contributed by atoms with van der Waals surface area (Å²) in [6, 6.07) is 0. The molecule has 1 aliphatic rings. The quantitative estimate of drug-likeness (QED) is 0.492. The highest BCUT2D eigenvalue weighted by molar-refractivity contribution is 5.07. The summed E-state index contributed by atoms with van der Waals surface area (Å²) in [5.41, 5.74) is 0. The van der Waals surface area contributed by atoms with Crippen molar-refractivity contribution in [2.24, 2.45) is 5.92 Å². The molecule has 0 aromatic carbocycles. The molecule has 1 rings (SSSR count). The Morgan fingerprint density at radius 1 is 1.29 bits per heavy atom. The first-order valence-corrected chi connectivity index (χ1v) is 5.98. The van der Waals surface area contributed by atoms with Crippen molar-refractivity contribution in [3.8, 4) is 11.8 Å². The minimum Gasteiger partial charge on any atom is -0.377 e. The highest BCUT2D eigenvalue weighted by Gasteiger charge is 2.25. The highest BCUT2D eigenvalue weighted by atomic mass is 16.5. The Balaban J connectivity index is 2.29. The lowest BCUT2D eigenvalue weighted by molar-refractivity contribution is 0.0510. The van der Waals surface area contributed by atoms with Gasteiger partial charge in [0.05, 0.1) is 6.10 Å². The van der Waals surface area contributed by atoms with E-state index in [0.717, 1.165) is 13.0 Å². The van der Waals surface area contributed by atoms with Gasteiger partial charge in [-0.05, 0) is 32.6 Å². The maximum Gasteiger partial charge on any atom is 0.0712 e. The normalized spacial score (nSPS) is 25.9. The molecule has 0 bridgehead atoms. The van der Waals surface area contributed by atoms with Gasteiger partial charge in [-0.1, -0.05) is 19.3 Å². The van der Waals surface area contributed by atoms with Gasteiger partial charge >= 0.3 is 0 Å². The summed E-state index contributed by atoms with van der Waals surface area (Å²) in [5.74, 6) is 7.18. The Labute approximate surface area is 88.2 Å². The fourth-order valence-corrected chi connectivity index (χ4v) is 1.97. The molecule has 1 fully saturated rings. The lowest BCUT2D eigenvalue weighted by Crippen LogP contribution is -2.16. The Hall–Kier alpha value is -0.480. The SMILES string of the molecule is CCCCC#C[C@H]1CCC[C@@H]1OCC. The van der Waals surface area contributed by atoms with Crippen LogP contribution in [0.4, 0.5) is 0 Å². The predicted molar refractivity (Wildman–Crippen MR) is 60.1 cm³/mol. The van der Waals surface area contributed by atoms with Crippen LogP contribution in [-0.2, 0) is 4.74 Å². The summed E-state index contributed by atoms with van der Waals surface area (Å²) in [4.78, 5) is 0. The number of ether oxygens (including phenoxy) is 1. The van der Waals surface area contributed by atoms with Crippen LogP contribution in [0.15, 0.2) is 0 Å². The van der Waals surface area contributed by atoms with E-state index >= 15 is 0 Å². The fraction of sp³-hybridized carbons (Fsp3) is 0.846. The van der Waals surface area contributed by atoms with Gasteiger partial charge in [-0.25, -0.2) is 0 Å². The number of unbranched alkanes of at least 4 members (excludes halogenated alkanes) is 2. The zero-order chi connectivity index (χ0) is 10.2. The summed E-state index contributed by atoms with van der Waals surface area (Å²) in [7, 11) is 0. The van der Waals surface area contributed by atoms with Crippen molar-refractivity contribution in [3.05, 3.63) is 0 Å². The van der Waals surface area contributed by atoms with Gasteiger partial charge in [0.2, 0.25) is 0 Å². The van der Waals surface area contributed by atoms with E-state index in [2.05, 4.69) is 25.7 Å². The van der Waals surface area contributed by atoms with Crippen molar-refractivity contribution in [2.45, 2.75) is 58.5 Å². The predicted octanol–water partition coefficient (Wildman–Crippen LogP) is 3.39. The number of hydrogen-bond donors (Lipinski definition) is 0. The standard InChI is InChI=1S/C13H22O/c1-3-5-6-7-9-12-10-8-11-13(12)14-4-2/h12-13H,3-6,8,10-11H2,1-2H3/t12-,13-/m0/s1. The topological polar surface area (TPSA) is 9.23 Å². The summed E-state index contributed by atoms with van der Waals surface area (Å²) >= 11 is 0. The van der Waals surface area contributed by atoms with Gasteiger partial charge in [-0.2, -0.15) is 0 Å². The Kier molecular flexibility index (Phi) is 5.71.